The van der Waals surface area contributed by atoms with Gasteiger partial charge < -0.3 is 19.7 Å². The predicted octanol–water partition coefficient (Wildman–Crippen LogP) is 2.11. The summed E-state index contributed by atoms with van der Waals surface area (Å²) < 4.78 is 86.3. The molecule has 0 aliphatic heterocycles. The van der Waals surface area contributed by atoms with Crippen molar-refractivity contribution in [1.29, 1.82) is 0 Å². The highest BCUT2D eigenvalue weighted by molar-refractivity contribution is 7.93. The molecule has 1 heterocycles. The molecule has 39 heavy (non-hydrogen) atoms. The third kappa shape index (κ3) is 7.55. The predicted molar refractivity (Wildman–Crippen MR) is 129 cm³/mol. The van der Waals surface area contributed by atoms with Crippen LogP contribution in [0.4, 0.5) is 23.2 Å². The normalized spacial score (nSPS) is 13.0. The van der Waals surface area contributed by atoms with Gasteiger partial charge in [-0.2, -0.15) is 8.78 Å². The number of Topliss-reactive ketones (excluding diaryl/α,β-unsaturated/α-hetero) is 1. The molecular formula is C23H25F4N3O8S. The van der Waals surface area contributed by atoms with Crippen LogP contribution in [-0.2, 0) is 24.4 Å². The van der Waals surface area contributed by atoms with E-state index >= 15 is 0 Å². The van der Waals surface area contributed by atoms with Gasteiger partial charge in [-0.25, -0.2) is 17.2 Å². The number of halogens is 4. The van der Waals surface area contributed by atoms with Crippen molar-refractivity contribution in [3.63, 3.8) is 0 Å². The summed E-state index contributed by atoms with van der Waals surface area (Å²) in [5.74, 6) is -12.9. The minimum absolute atomic E-state index is 0.0738. The van der Waals surface area contributed by atoms with Crippen molar-refractivity contribution in [2.75, 3.05) is 11.3 Å². The van der Waals surface area contributed by atoms with E-state index in [0.717, 1.165) is 4.57 Å². The van der Waals surface area contributed by atoms with E-state index in [1.165, 1.54) is 39.1 Å². The molecule has 2 rings (SSSR count). The number of sulfonamides is 1. The Balaban J connectivity index is 2.29. The van der Waals surface area contributed by atoms with E-state index in [9.17, 15) is 45.2 Å². The summed E-state index contributed by atoms with van der Waals surface area (Å²) in [6.45, 7) is 2.95. The maximum Gasteiger partial charge on any atom is 0.305 e. The quantitative estimate of drug-likeness (QED) is 0.240. The molecule has 1 aromatic heterocycles. The van der Waals surface area contributed by atoms with E-state index in [1.807, 2.05) is 0 Å². The number of carboxylic acids is 1. The monoisotopic (exact) mass is 579 g/mol. The van der Waals surface area contributed by atoms with Crippen molar-refractivity contribution in [2.45, 2.75) is 50.9 Å². The van der Waals surface area contributed by atoms with Gasteiger partial charge in [0.05, 0.1) is 11.7 Å². The Labute approximate surface area is 219 Å². The third-order valence-corrected chi connectivity index (χ3v) is 7.13. The molecule has 16 heteroatoms. The number of hydrogen-bond donors (Lipinski definition) is 3. The molecule has 2 atom stereocenters. The molecule has 1 aromatic carbocycles. The van der Waals surface area contributed by atoms with Gasteiger partial charge in [-0.1, -0.05) is 6.92 Å². The fraction of sp³-hybridized carbons (Fsp3) is 0.391. The first-order valence-electron chi connectivity index (χ1n) is 11.3. The molecule has 1 unspecified atom stereocenters. The number of anilines is 1. The van der Waals surface area contributed by atoms with Crippen LogP contribution in [0.25, 0.3) is 0 Å². The number of pyridine rings is 1. The Hall–Kier alpha value is -3.95. The molecular weight excluding hydrogens is 554 g/mol. The minimum Gasteiger partial charge on any atom is -0.481 e. The Morgan fingerprint density at radius 2 is 1.69 bits per heavy atom. The van der Waals surface area contributed by atoms with Gasteiger partial charge in [0.15, 0.2) is 23.2 Å². The van der Waals surface area contributed by atoms with Gasteiger partial charge in [0, 0.05) is 12.3 Å². The zero-order valence-electron chi connectivity index (χ0n) is 20.8. The molecule has 214 valence electrons. The first-order chi connectivity index (χ1) is 18.1. The molecule has 0 spiro atoms. The molecule has 1 amide bonds. The van der Waals surface area contributed by atoms with E-state index in [2.05, 4.69) is 14.8 Å². The zero-order chi connectivity index (χ0) is 29.7. The highest BCUT2D eigenvalue weighted by Crippen LogP contribution is 2.26. The topological polar surface area (TPSA) is 161 Å². The van der Waals surface area contributed by atoms with Crippen molar-refractivity contribution in [1.82, 2.24) is 9.88 Å². The number of aliphatic carboxylic acids is 1. The lowest BCUT2D eigenvalue weighted by Crippen LogP contribution is -2.48. The van der Waals surface area contributed by atoms with Gasteiger partial charge in [0.1, 0.15) is 24.4 Å². The Bertz CT molecular complexity index is 1400. The summed E-state index contributed by atoms with van der Waals surface area (Å²) >= 11 is 0. The van der Waals surface area contributed by atoms with Crippen molar-refractivity contribution >= 4 is 33.4 Å². The maximum atomic E-state index is 13.8. The van der Waals surface area contributed by atoms with Crippen molar-refractivity contribution in [2.24, 2.45) is 0 Å². The Kier molecular flexibility index (Phi) is 10.2. The first-order valence-corrected chi connectivity index (χ1v) is 12.9. The number of carbonyl (C=O) groups excluding carboxylic acids is 2. The van der Waals surface area contributed by atoms with Gasteiger partial charge in [-0.3, -0.25) is 23.9 Å². The van der Waals surface area contributed by atoms with Crippen LogP contribution in [0.3, 0.4) is 0 Å². The SMILES string of the molecule is CCC(C(=O)N[C@@H](CC(=O)O)C(=O)COc1c(F)c(F)cc(F)c1F)n1cccc(NS(=O)(=O)C(C)C)c1=O. The highest BCUT2D eigenvalue weighted by Gasteiger charge is 2.30. The second-order valence-corrected chi connectivity index (χ2v) is 10.7. The Morgan fingerprint density at radius 3 is 2.21 bits per heavy atom. The van der Waals surface area contributed by atoms with Gasteiger partial charge in [-0.05, 0) is 32.4 Å². The second-order valence-electron chi connectivity index (χ2n) is 8.47. The van der Waals surface area contributed by atoms with Gasteiger partial charge in [-0.15, -0.1) is 0 Å². The summed E-state index contributed by atoms with van der Waals surface area (Å²) in [5, 5.41) is 10.4. The summed E-state index contributed by atoms with van der Waals surface area (Å²) in [6, 6.07) is -0.817. The van der Waals surface area contributed by atoms with Crippen molar-refractivity contribution < 1.29 is 50.2 Å². The van der Waals surface area contributed by atoms with Crippen LogP contribution in [0.2, 0.25) is 0 Å². The maximum absolute atomic E-state index is 13.8. The van der Waals surface area contributed by atoms with Crippen LogP contribution in [-0.4, -0.2) is 53.6 Å². The smallest absolute Gasteiger partial charge is 0.305 e. The number of carbonyl (C=O) groups is 3. The second kappa shape index (κ2) is 12.7. The molecule has 0 radical (unpaired) electrons. The van der Waals surface area contributed by atoms with Crippen LogP contribution in [0.15, 0.2) is 29.2 Å². The molecule has 11 nitrogen and oxygen atoms in total. The Morgan fingerprint density at radius 1 is 1.10 bits per heavy atom. The number of ketones is 1. The summed E-state index contributed by atoms with van der Waals surface area (Å²) in [7, 11) is -3.92. The van der Waals surface area contributed by atoms with E-state index in [-0.39, 0.29) is 18.2 Å². The fourth-order valence-electron chi connectivity index (χ4n) is 3.22. The average molecular weight is 580 g/mol. The van der Waals surface area contributed by atoms with Gasteiger partial charge >= 0.3 is 5.97 Å². The van der Waals surface area contributed by atoms with Crippen LogP contribution in [0.1, 0.15) is 39.7 Å². The molecule has 0 aliphatic carbocycles. The summed E-state index contributed by atoms with van der Waals surface area (Å²) in [6.07, 6.45) is 0.0794. The van der Waals surface area contributed by atoms with Crippen molar-refractivity contribution in [3.8, 4) is 5.75 Å². The molecule has 3 N–H and O–H groups in total. The number of nitrogens with one attached hydrogen (secondary N) is 2. The number of hydrogen-bond acceptors (Lipinski definition) is 7. The number of carboxylic acid groups (broad SMARTS) is 1. The average Bonchev–Trinajstić information content (AvgIpc) is 2.84. The fourth-order valence-corrected chi connectivity index (χ4v) is 3.92. The molecule has 0 saturated carbocycles. The van der Waals surface area contributed by atoms with Crippen LogP contribution >= 0.6 is 0 Å². The van der Waals surface area contributed by atoms with E-state index in [4.69, 9.17) is 5.11 Å². The molecule has 0 bridgehead atoms. The number of amides is 1. The van der Waals surface area contributed by atoms with E-state index in [0.29, 0.717) is 0 Å². The summed E-state index contributed by atoms with van der Waals surface area (Å²) in [4.78, 5) is 49.7. The molecule has 0 aliphatic rings. The highest BCUT2D eigenvalue weighted by atomic mass is 32.2. The van der Waals surface area contributed by atoms with Crippen LogP contribution in [0.5, 0.6) is 5.75 Å². The van der Waals surface area contributed by atoms with E-state index < -0.39 is 92.6 Å². The molecule has 0 saturated heterocycles. The van der Waals surface area contributed by atoms with Crippen LogP contribution in [0, 0.1) is 23.3 Å². The lowest BCUT2D eigenvalue weighted by molar-refractivity contribution is -0.140. The number of aromatic nitrogens is 1. The number of ether oxygens (including phenoxy) is 1. The van der Waals surface area contributed by atoms with Gasteiger partial charge in [0.25, 0.3) is 5.56 Å². The lowest BCUT2D eigenvalue weighted by Gasteiger charge is -2.22. The van der Waals surface area contributed by atoms with Gasteiger partial charge in [0.2, 0.25) is 27.6 Å². The first kappa shape index (κ1) is 31.3. The standard InChI is InChI=1S/C23H25F4N3O8S/c1-4-16(30-7-5-6-14(23(30)35)29-39(36,37)11(2)3)22(34)28-15(9-18(32)33)17(31)10-38-21-19(26)12(24)8-13(25)20(21)27/h5-8,11,15-16,29H,4,9-10H2,1-3H3,(H,28,34)(H,32,33)/t15-,16?/m0/s1. The van der Waals surface area contributed by atoms with Crippen molar-refractivity contribution in [3.05, 3.63) is 58.0 Å². The summed E-state index contributed by atoms with van der Waals surface area (Å²) in [5.41, 5.74) is -1.28. The number of benzene rings is 1. The number of rotatable bonds is 13. The van der Waals surface area contributed by atoms with E-state index in [1.54, 1.807) is 0 Å². The third-order valence-electron chi connectivity index (χ3n) is 5.39. The molecule has 0 fully saturated rings. The minimum atomic E-state index is -3.92. The van der Waals surface area contributed by atoms with Crippen LogP contribution < -0.4 is 20.3 Å². The molecule has 2 aromatic rings. The lowest BCUT2D eigenvalue weighted by atomic mass is 10.1. The largest absolute Gasteiger partial charge is 0.481 e. The number of nitrogens with zero attached hydrogens (tertiary/aromatic N) is 1. The zero-order valence-corrected chi connectivity index (χ0v) is 21.7.